The first-order valence-electron chi connectivity index (χ1n) is 9.39. The van der Waals surface area contributed by atoms with Crippen LogP contribution in [0.15, 0.2) is 59.1 Å². The molecule has 4 rings (SSSR count). The van der Waals surface area contributed by atoms with Crippen LogP contribution < -0.4 is 4.72 Å². The molecule has 2 aromatic heterocycles. The summed E-state index contributed by atoms with van der Waals surface area (Å²) in [5, 5.41) is 5.93. The Morgan fingerprint density at radius 2 is 2.03 bits per heavy atom. The SMILES string of the molecule is Cc1ccc(NS(=O)(=O)c2ccsc2C(=O)N2CCCC(n3cccn3)C2)cc1. The van der Waals surface area contributed by atoms with Gasteiger partial charge in [0.2, 0.25) is 0 Å². The van der Waals surface area contributed by atoms with E-state index in [0.717, 1.165) is 29.7 Å². The van der Waals surface area contributed by atoms with Crippen molar-refractivity contribution in [3.8, 4) is 0 Å². The number of anilines is 1. The predicted molar refractivity (Wildman–Crippen MR) is 113 cm³/mol. The van der Waals surface area contributed by atoms with Crippen molar-refractivity contribution in [1.82, 2.24) is 14.7 Å². The summed E-state index contributed by atoms with van der Waals surface area (Å²) in [5.41, 5.74) is 1.51. The second kappa shape index (κ2) is 8.00. The van der Waals surface area contributed by atoms with Crippen molar-refractivity contribution in [2.24, 2.45) is 0 Å². The molecule has 0 saturated carbocycles. The van der Waals surface area contributed by atoms with Crippen molar-refractivity contribution in [3.63, 3.8) is 0 Å². The molecule has 29 heavy (non-hydrogen) atoms. The number of nitrogens with one attached hydrogen (secondary N) is 1. The zero-order valence-electron chi connectivity index (χ0n) is 16.0. The van der Waals surface area contributed by atoms with Crippen LogP contribution in [0.4, 0.5) is 5.69 Å². The van der Waals surface area contributed by atoms with Crippen LogP contribution in [0.3, 0.4) is 0 Å². The minimum absolute atomic E-state index is 0.0225. The number of benzene rings is 1. The number of carbonyl (C=O) groups is 1. The fourth-order valence-electron chi connectivity index (χ4n) is 3.49. The van der Waals surface area contributed by atoms with Gasteiger partial charge in [-0.15, -0.1) is 11.3 Å². The molecular weight excluding hydrogens is 408 g/mol. The zero-order valence-corrected chi connectivity index (χ0v) is 17.6. The minimum Gasteiger partial charge on any atom is -0.336 e. The number of aromatic nitrogens is 2. The molecule has 1 amide bonds. The number of sulfonamides is 1. The summed E-state index contributed by atoms with van der Waals surface area (Å²) in [6, 6.07) is 10.5. The monoisotopic (exact) mass is 430 g/mol. The third-order valence-corrected chi connectivity index (χ3v) is 7.45. The van der Waals surface area contributed by atoms with Gasteiger partial charge in [-0.3, -0.25) is 14.2 Å². The maximum atomic E-state index is 13.2. The van der Waals surface area contributed by atoms with Gasteiger partial charge in [-0.05, 0) is 49.4 Å². The van der Waals surface area contributed by atoms with Gasteiger partial charge in [-0.1, -0.05) is 17.7 Å². The quantitative estimate of drug-likeness (QED) is 0.671. The lowest BCUT2D eigenvalue weighted by molar-refractivity contribution is 0.0674. The molecule has 9 heteroatoms. The van der Waals surface area contributed by atoms with Gasteiger partial charge in [-0.25, -0.2) is 8.42 Å². The Hall–Kier alpha value is -2.65. The molecule has 0 radical (unpaired) electrons. The summed E-state index contributed by atoms with van der Waals surface area (Å²) >= 11 is 1.16. The Morgan fingerprint density at radius 3 is 2.76 bits per heavy atom. The van der Waals surface area contributed by atoms with Gasteiger partial charge in [0.15, 0.2) is 0 Å². The first-order valence-corrected chi connectivity index (χ1v) is 11.8. The second-order valence-electron chi connectivity index (χ2n) is 7.12. The molecule has 3 aromatic rings. The number of hydrogen-bond donors (Lipinski definition) is 1. The summed E-state index contributed by atoms with van der Waals surface area (Å²) in [4.78, 5) is 15.1. The molecule has 1 unspecified atom stereocenters. The van der Waals surface area contributed by atoms with Crippen molar-refractivity contribution in [2.75, 3.05) is 17.8 Å². The number of thiophene rings is 1. The zero-order chi connectivity index (χ0) is 20.4. The van der Waals surface area contributed by atoms with Crippen molar-refractivity contribution >= 4 is 33.0 Å². The number of nitrogens with zero attached hydrogens (tertiary/aromatic N) is 3. The van der Waals surface area contributed by atoms with E-state index < -0.39 is 10.0 Å². The van der Waals surface area contributed by atoms with E-state index in [0.29, 0.717) is 18.8 Å². The molecule has 1 aliphatic rings. The lowest BCUT2D eigenvalue weighted by atomic mass is 10.1. The average molecular weight is 431 g/mol. The highest BCUT2D eigenvalue weighted by atomic mass is 32.2. The smallest absolute Gasteiger partial charge is 0.265 e. The van der Waals surface area contributed by atoms with Crippen molar-refractivity contribution < 1.29 is 13.2 Å². The van der Waals surface area contributed by atoms with Crippen LogP contribution in [0.2, 0.25) is 0 Å². The Bertz CT molecular complexity index is 1090. The van der Waals surface area contributed by atoms with Gasteiger partial charge in [0, 0.05) is 31.2 Å². The first-order chi connectivity index (χ1) is 13.9. The number of aryl methyl sites for hydroxylation is 1. The summed E-state index contributed by atoms with van der Waals surface area (Å²) in [6.07, 6.45) is 5.41. The van der Waals surface area contributed by atoms with E-state index in [1.807, 2.05) is 36.0 Å². The first kappa shape index (κ1) is 19.7. The highest BCUT2D eigenvalue weighted by Crippen LogP contribution is 2.28. The fourth-order valence-corrected chi connectivity index (χ4v) is 5.94. The Kier molecular flexibility index (Phi) is 5.42. The van der Waals surface area contributed by atoms with Crippen LogP contribution in [0, 0.1) is 6.92 Å². The van der Waals surface area contributed by atoms with E-state index in [2.05, 4.69) is 9.82 Å². The highest BCUT2D eigenvalue weighted by molar-refractivity contribution is 7.93. The van der Waals surface area contributed by atoms with Crippen molar-refractivity contribution in [2.45, 2.75) is 30.7 Å². The Morgan fingerprint density at radius 1 is 1.24 bits per heavy atom. The van der Waals surface area contributed by atoms with E-state index in [1.165, 1.54) is 6.07 Å². The van der Waals surface area contributed by atoms with E-state index in [4.69, 9.17) is 0 Å². The van der Waals surface area contributed by atoms with E-state index in [-0.39, 0.29) is 21.7 Å². The Labute approximate surface area is 174 Å². The highest BCUT2D eigenvalue weighted by Gasteiger charge is 2.31. The van der Waals surface area contributed by atoms with Gasteiger partial charge in [0.25, 0.3) is 15.9 Å². The van der Waals surface area contributed by atoms with Gasteiger partial charge in [0.05, 0.1) is 6.04 Å². The van der Waals surface area contributed by atoms with Crippen LogP contribution in [0.25, 0.3) is 0 Å². The van der Waals surface area contributed by atoms with Gasteiger partial charge >= 0.3 is 0 Å². The second-order valence-corrected chi connectivity index (χ2v) is 9.69. The average Bonchev–Trinajstić information content (AvgIpc) is 3.41. The molecule has 1 N–H and O–H groups in total. The molecule has 1 atom stereocenters. The van der Waals surface area contributed by atoms with Crippen molar-refractivity contribution in [1.29, 1.82) is 0 Å². The van der Waals surface area contributed by atoms with E-state index >= 15 is 0 Å². The molecule has 0 bridgehead atoms. The lowest BCUT2D eigenvalue weighted by Crippen LogP contribution is -2.41. The predicted octanol–water partition coefficient (Wildman–Crippen LogP) is 3.53. The number of amides is 1. The standard InChI is InChI=1S/C20H22N4O3S2/c1-15-5-7-16(8-6-15)22-29(26,27)18-9-13-28-19(18)20(25)23-11-2-4-17(14-23)24-12-3-10-21-24/h3,5-10,12-13,17,22H,2,4,11,14H2,1H3. The normalized spacial score (nSPS) is 17.3. The molecule has 7 nitrogen and oxygen atoms in total. The lowest BCUT2D eigenvalue weighted by Gasteiger charge is -2.32. The number of rotatable bonds is 5. The summed E-state index contributed by atoms with van der Waals surface area (Å²) < 4.78 is 30.3. The minimum atomic E-state index is -3.86. The largest absolute Gasteiger partial charge is 0.336 e. The third-order valence-electron chi connectivity index (χ3n) is 5.00. The molecule has 3 heterocycles. The number of piperidine rings is 1. The van der Waals surface area contributed by atoms with Gasteiger partial charge in [0.1, 0.15) is 9.77 Å². The van der Waals surface area contributed by atoms with Crippen LogP contribution in [-0.4, -0.2) is 42.1 Å². The van der Waals surface area contributed by atoms with Crippen molar-refractivity contribution in [3.05, 3.63) is 64.6 Å². The summed E-state index contributed by atoms with van der Waals surface area (Å²) in [7, 11) is -3.86. The topological polar surface area (TPSA) is 84.3 Å². The van der Waals surface area contributed by atoms with E-state index in [1.54, 1.807) is 28.6 Å². The number of hydrogen-bond acceptors (Lipinski definition) is 5. The molecule has 0 aliphatic carbocycles. The number of carbonyl (C=O) groups excluding carboxylic acids is 1. The van der Waals surface area contributed by atoms with Crippen LogP contribution in [0.1, 0.15) is 34.1 Å². The summed E-state index contributed by atoms with van der Waals surface area (Å²) in [5.74, 6) is -0.249. The van der Waals surface area contributed by atoms with Gasteiger partial charge < -0.3 is 4.90 Å². The summed E-state index contributed by atoms with van der Waals surface area (Å²) in [6.45, 7) is 3.06. The van der Waals surface area contributed by atoms with E-state index in [9.17, 15) is 13.2 Å². The van der Waals surface area contributed by atoms with Crippen LogP contribution in [0.5, 0.6) is 0 Å². The van der Waals surface area contributed by atoms with Crippen LogP contribution >= 0.6 is 11.3 Å². The number of likely N-dealkylation sites (tertiary alicyclic amines) is 1. The Balaban J connectivity index is 1.55. The molecule has 1 saturated heterocycles. The third kappa shape index (κ3) is 4.20. The molecule has 0 spiro atoms. The maximum Gasteiger partial charge on any atom is 0.265 e. The maximum absolute atomic E-state index is 13.2. The molecule has 152 valence electrons. The molecular formula is C20H22N4O3S2. The molecule has 1 aromatic carbocycles. The fraction of sp³-hybridized carbons (Fsp3) is 0.300. The molecule has 1 fully saturated rings. The van der Waals surface area contributed by atoms with Crippen LogP contribution in [-0.2, 0) is 10.0 Å². The molecule has 1 aliphatic heterocycles. The van der Waals surface area contributed by atoms with Gasteiger partial charge in [-0.2, -0.15) is 5.10 Å².